The summed E-state index contributed by atoms with van der Waals surface area (Å²) in [5.41, 5.74) is 3.72. The molecule has 1 unspecified atom stereocenters. The molecule has 2 rings (SSSR count). The molecule has 0 aliphatic carbocycles. The van der Waals surface area contributed by atoms with Gasteiger partial charge in [-0.05, 0) is 39.3 Å². The SMILES string of the molecule is Cc1cc(CNC(=O)C2CSCN2)c(C)n1C(C)C. The highest BCUT2D eigenvalue weighted by Gasteiger charge is 2.22. The van der Waals surface area contributed by atoms with Gasteiger partial charge in [0.1, 0.15) is 0 Å². The van der Waals surface area contributed by atoms with Crippen LogP contribution in [0.25, 0.3) is 0 Å². The molecule has 0 bridgehead atoms. The smallest absolute Gasteiger partial charge is 0.238 e. The number of carbonyl (C=O) groups excluding carboxylic acids is 1. The number of nitrogens with zero attached hydrogens (tertiary/aromatic N) is 1. The Bertz CT molecular complexity index is 462. The molecule has 0 spiro atoms. The van der Waals surface area contributed by atoms with Gasteiger partial charge in [0, 0.05) is 35.6 Å². The minimum atomic E-state index is -0.0291. The lowest BCUT2D eigenvalue weighted by Gasteiger charge is -2.14. The monoisotopic (exact) mass is 281 g/mol. The summed E-state index contributed by atoms with van der Waals surface area (Å²) in [7, 11) is 0. The van der Waals surface area contributed by atoms with Crippen LogP contribution < -0.4 is 10.6 Å². The summed E-state index contributed by atoms with van der Waals surface area (Å²) in [5, 5.41) is 6.22. The van der Waals surface area contributed by atoms with Crippen molar-refractivity contribution in [3.63, 3.8) is 0 Å². The average molecular weight is 281 g/mol. The molecule has 0 aromatic carbocycles. The molecule has 1 aliphatic heterocycles. The second kappa shape index (κ2) is 6.01. The molecule has 1 atom stereocenters. The zero-order valence-corrected chi connectivity index (χ0v) is 12.9. The topological polar surface area (TPSA) is 46.1 Å². The summed E-state index contributed by atoms with van der Waals surface area (Å²) < 4.78 is 2.31. The van der Waals surface area contributed by atoms with Gasteiger partial charge in [-0.1, -0.05) is 0 Å². The fourth-order valence-electron chi connectivity index (χ4n) is 2.69. The van der Waals surface area contributed by atoms with E-state index in [1.54, 1.807) is 11.8 Å². The van der Waals surface area contributed by atoms with Gasteiger partial charge in [-0.15, -0.1) is 11.8 Å². The third-order valence-corrected chi connectivity index (χ3v) is 4.53. The highest BCUT2D eigenvalue weighted by molar-refractivity contribution is 7.99. The standard InChI is InChI=1S/C14H23N3OS/c1-9(2)17-10(3)5-12(11(17)4)6-15-14(18)13-7-19-8-16-13/h5,9,13,16H,6-8H2,1-4H3,(H,15,18). The molecule has 1 fully saturated rings. The number of carbonyl (C=O) groups is 1. The molecule has 5 heteroatoms. The van der Waals surface area contributed by atoms with Crippen molar-refractivity contribution >= 4 is 17.7 Å². The van der Waals surface area contributed by atoms with Crippen LogP contribution in [0.5, 0.6) is 0 Å². The van der Waals surface area contributed by atoms with Crippen molar-refractivity contribution in [1.82, 2.24) is 15.2 Å². The molecule has 1 aliphatic rings. The summed E-state index contributed by atoms with van der Waals surface area (Å²) in [5.74, 6) is 1.86. The van der Waals surface area contributed by atoms with Gasteiger partial charge in [-0.3, -0.25) is 10.1 Å². The van der Waals surface area contributed by atoms with Crippen molar-refractivity contribution in [3.05, 3.63) is 23.0 Å². The summed E-state index contributed by atoms with van der Waals surface area (Å²) in [6.45, 7) is 9.23. The van der Waals surface area contributed by atoms with Crippen molar-refractivity contribution in [1.29, 1.82) is 0 Å². The molecule has 4 nitrogen and oxygen atoms in total. The predicted octanol–water partition coefficient (Wildman–Crippen LogP) is 1.96. The lowest BCUT2D eigenvalue weighted by Crippen LogP contribution is -2.41. The van der Waals surface area contributed by atoms with Crippen molar-refractivity contribution in [2.24, 2.45) is 0 Å². The Morgan fingerprint density at radius 3 is 2.84 bits per heavy atom. The van der Waals surface area contributed by atoms with Crippen LogP contribution in [0.1, 0.15) is 36.8 Å². The highest BCUT2D eigenvalue weighted by Crippen LogP contribution is 2.20. The molecule has 1 aromatic rings. The zero-order chi connectivity index (χ0) is 14.0. The number of aryl methyl sites for hydroxylation is 1. The van der Waals surface area contributed by atoms with Crippen LogP contribution in [0.2, 0.25) is 0 Å². The molecule has 1 saturated heterocycles. The van der Waals surface area contributed by atoms with E-state index < -0.39 is 0 Å². The van der Waals surface area contributed by atoms with Crippen LogP contribution in [0, 0.1) is 13.8 Å². The first-order chi connectivity index (χ1) is 9.00. The second-order valence-corrected chi connectivity index (χ2v) is 6.38. The van der Waals surface area contributed by atoms with E-state index >= 15 is 0 Å². The van der Waals surface area contributed by atoms with E-state index in [9.17, 15) is 4.79 Å². The number of thioether (sulfide) groups is 1. The number of hydrogen-bond donors (Lipinski definition) is 2. The van der Waals surface area contributed by atoms with Gasteiger partial charge in [0.15, 0.2) is 0 Å². The summed E-state index contributed by atoms with van der Waals surface area (Å²) >= 11 is 1.77. The first-order valence-corrected chi connectivity index (χ1v) is 7.92. The predicted molar refractivity (Wildman–Crippen MR) is 80.4 cm³/mol. The molecule has 106 valence electrons. The Hall–Kier alpha value is -0.940. The minimum absolute atomic E-state index is 0.0291. The van der Waals surface area contributed by atoms with Gasteiger partial charge < -0.3 is 9.88 Å². The van der Waals surface area contributed by atoms with Crippen molar-refractivity contribution in [2.75, 3.05) is 11.6 Å². The van der Waals surface area contributed by atoms with E-state index in [2.05, 4.69) is 49.0 Å². The minimum Gasteiger partial charge on any atom is -0.351 e. The second-order valence-electron chi connectivity index (χ2n) is 5.35. The number of aromatic nitrogens is 1. The Labute approximate surface area is 119 Å². The maximum absolute atomic E-state index is 12.0. The first-order valence-electron chi connectivity index (χ1n) is 6.77. The van der Waals surface area contributed by atoms with Crippen LogP contribution in [0.3, 0.4) is 0 Å². The molecular weight excluding hydrogens is 258 g/mol. The van der Waals surface area contributed by atoms with Crippen LogP contribution in [-0.2, 0) is 11.3 Å². The summed E-state index contributed by atoms with van der Waals surface area (Å²) in [6, 6.07) is 2.60. The highest BCUT2D eigenvalue weighted by atomic mass is 32.2. The molecule has 1 amide bonds. The van der Waals surface area contributed by atoms with E-state index in [0.29, 0.717) is 12.6 Å². The molecule has 2 heterocycles. The van der Waals surface area contributed by atoms with E-state index in [0.717, 1.165) is 11.6 Å². The van der Waals surface area contributed by atoms with Crippen LogP contribution in [0.4, 0.5) is 0 Å². The van der Waals surface area contributed by atoms with Crippen LogP contribution in [-0.4, -0.2) is 28.1 Å². The molecule has 19 heavy (non-hydrogen) atoms. The van der Waals surface area contributed by atoms with E-state index in [1.807, 2.05) is 0 Å². The van der Waals surface area contributed by atoms with Gasteiger partial charge in [0.05, 0.1) is 6.04 Å². The first kappa shape index (κ1) is 14.5. The average Bonchev–Trinajstić information content (AvgIpc) is 2.94. The van der Waals surface area contributed by atoms with Crippen LogP contribution in [0.15, 0.2) is 6.07 Å². The third-order valence-electron chi connectivity index (χ3n) is 3.59. The van der Waals surface area contributed by atoms with Crippen molar-refractivity contribution in [3.8, 4) is 0 Å². The van der Waals surface area contributed by atoms with E-state index in [1.165, 1.54) is 17.0 Å². The molecule has 0 saturated carbocycles. The number of nitrogens with one attached hydrogen (secondary N) is 2. The molecule has 0 radical (unpaired) electrons. The maximum Gasteiger partial charge on any atom is 0.238 e. The van der Waals surface area contributed by atoms with Gasteiger partial charge in [0.25, 0.3) is 0 Å². The fraction of sp³-hybridized carbons (Fsp3) is 0.643. The van der Waals surface area contributed by atoms with Gasteiger partial charge in [-0.2, -0.15) is 0 Å². The lowest BCUT2D eigenvalue weighted by atomic mass is 10.2. The zero-order valence-electron chi connectivity index (χ0n) is 12.1. The van der Waals surface area contributed by atoms with Gasteiger partial charge in [-0.25, -0.2) is 0 Å². The van der Waals surface area contributed by atoms with E-state index in [4.69, 9.17) is 0 Å². The number of hydrogen-bond acceptors (Lipinski definition) is 3. The third kappa shape index (κ3) is 3.15. The Kier molecular flexibility index (Phi) is 4.58. The molecular formula is C14H23N3OS. The Morgan fingerprint density at radius 1 is 1.58 bits per heavy atom. The normalized spacial score (nSPS) is 19.1. The lowest BCUT2D eigenvalue weighted by molar-refractivity contribution is -0.122. The van der Waals surface area contributed by atoms with Crippen molar-refractivity contribution < 1.29 is 4.79 Å². The van der Waals surface area contributed by atoms with Gasteiger partial charge >= 0.3 is 0 Å². The molecule has 2 N–H and O–H groups in total. The summed E-state index contributed by atoms with van der Waals surface area (Å²) in [6.07, 6.45) is 0. The maximum atomic E-state index is 12.0. The fourth-order valence-corrected chi connectivity index (χ4v) is 3.63. The van der Waals surface area contributed by atoms with Crippen molar-refractivity contribution in [2.45, 2.75) is 46.3 Å². The summed E-state index contributed by atoms with van der Waals surface area (Å²) in [4.78, 5) is 12.0. The Morgan fingerprint density at radius 2 is 2.32 bits per heavy atom. The largest absolute Gasteiger partial charge is 0.351 e. The quantitative estimate of drug-likeness (QED) is 0.887. The van der Waals surface area contributed by atoms with E-state index in [-0.39, 0.29) is 11.9 Å². The number of rotatable bonds is 4. The number of amides is 1. The Balaban J connectivity index is 1.99. The van der Waals surface area contributed by atoms with Gasteiger partial charge in [0.2, 0.25) is 5.91 Å². The van der Waals surface area contributed by atoms with Crippen LogP contribution >= 0.6 is 11.8 Å². The molecule has 1 aromatic heterocycles.